The van der Waals surface area contributed by atoms with Gasteiger partial charge in [0, 0.05) is 12.8 Å². The van der Waals surface area contributed by atoms with Crippen LogP contribution in [0.1, 0.15) is 64.1 Å². The molecule has 3 aromatic rings. The van der Waals surface area contributed by atoms with Crippen LogP contribution < -0.4 is 0 Å². The topological polar surface area (TPSA) is 91.4 Å². The number of benzene rings is 3. The van der Waals surface area contributed by atoms with Crippen molar-refractivity contribution in [1.29, 1.82) is 0 Å². The first kappa shape index (κ1) is 26.4. The number of nitrogens with zero attached hydrogens (tertiary/aromatic N) is 1. The molecule has 0 spiro atoms. The van der Waals surface area contributed by atoms with Crippen LogP contribution in [0.5, 0.6) is 0 Å². The van der Waals surface area contributed by atoms with E-state index >= 15 is 0 Å². The molecule has 8 heteroatoms. The molecule has 3 aliphatic rings. The van der Waals surface area contributed by atoms with Crippen molar-refractivity contribution < 1.29 is 33.6 Å². The summed E-state index contributed by atoms with van der Waals surface area (Å²) < 4.78 is 12.1. The summed E-state index contributed by atoms with van der Waals surface area (Å²) in [6.45, 7) is 3.58. The molecule has 2 heterocycles. The van der Waals surface area contributed by atoms with E-state index in [4.69, 9.17) is 19.2 Å². The predicted molar refractivity (Wildman–Crippen MR) is 144 cm³/mol. The molecule has 1 aliphatic carbocycles. The Morgan fingerprint density at radius 1 is 0.925 bits per heavy atom. The van der Waals surface area contributed by atoms with Gasteiger partial charge in [-0.1, -0.05) is 66.7 Å². The third kappa shape index (κ3) is 4.62. The molecular weight excluding hydrogens is 510 g/mol. The van der Waals surface area contributed by atoms with E-state index in [1.807, 2.05) is 48.5 Å². The molecule has 2 amide bonds. The van der Waals surface area contributed by atoms with Gasteiger partial charge in [0.25, 0.3) is 11.8 Å². The minimum absolute atomic E-state index is 0.0225. The number of rotatable bonds is 7. The first-order valence-corrected chi connectivity index (χ1v) is 13.6. The van der Waals surface area contributed by atoms with E-state index in [1.165, 1.54) is 0 Å². The third-order valence-corrected chi connectivity index (χ3v) is 7.89. The van der Waals surface area contributed by atoms with E-state index in [2.05, 4.69) is 6.07 Å². The highest BCUT2D eigenvalue weighted by atomic mass is 17.2. The van der Waals surface area contributed by atoms with Gasteiger partial charge in [0.2, 0.25) is 0 Å². The number of carbonyl (C=O) groups is 3. The highest BCUT2D eigenvalue weighted by molar-refractivity contribution is 6.22. The highest BCUT2D eigenvalue weighted by Crippen LogP contribution is 2.48. The Morgan fingerprint density at radius 3 is 2.30 bits per heavy atom. The molecule has 206 valence electrons. The monoisotopic (exact) mass is 541 g/mol. The fraction of sp³-hybridized carbons (Fsp3) is 0.344. The number of carbonyl (C=O) groups excluding carboxylic acids is 3. The Hall–Kier alpha value is -3.85. The standard InChI is InChI=1S/C32H31NO7/c1-31(2)38-27-17-16-22-12-6-9-15-25(22)32(27,40-39-31)18-19-37-30(36)26(20-21-10-4-3-5-11-21)33-28(34)23-13-7-8-14-24(23)29(33)35/h3-15,26-27H,16-20H2,1-2H3/t26-,27+,32-/m0/s1. The van der Waals surface area contributed by atoms with Gasteiger partial charge in [0.15, 0.2) is 11.4 Å². The molecule has 6 rings (SSSR count). The molecule has 1 fully saturated rings. The lowest BCUT2D eigenvalue weighted by Crippen LogP contribution is -2.57. The molecule has 3 atom stereocenters. The summed E-state index contributed by atoms with van der Waals surface area (Å²) in [7, 11) is 0. The summed E-state index contributed by atoms with van der Waals surface area (Å²) in [6, 6.07) is 22.7. The van der Waals surface area contributed by atoms with Gasteiger partial charge >= 0.3 is 5.97 Å². The van der Waals surface area contributed by atoms with Gasteiger partial charge in [-0.25, -0.2) is 14.6 Å². The van der Waals surface area contributed by atoms with Gasteiger partial charge in [-0.3, -0.25) is 14.5 Å². The van der Waals surface area contributed by atoms with Crippen LogP contribution in [0.25, 0.3) is 0 Å². The fourth-order valence-electron chi connectivity index (χ4n) is 5.98. The van der Waals surface area contributed by atoms with Crippen LogP contribution in [-0.4, -0.2) is 47.2 Å². The number of hydrogen-bond acceptors (Lipinski definition) is 7. The van der Waals surface area contributed by atoms with Crippen molar-refractivity contribution in [3.8, 4) is 0 Å². The molecule has 0 N–H and O–H groups in total. The largest absolute Gasteiger partial charge is 0.464 e. The van der Waals surface area contributed by atoms with Gasteiger partial charge < -0.3 is 9.47 Å². The number of amides is 2. The van der Waals surface area contributed by atoms with Crippen LogP contribution in [0.2, 0.25) is 0 Å². The van der Waals surface area contributed by atoms with Gasteiger partial charge in [0.05, 0.1) is 23.8 Å². The maximum atomic E-state index is 13.7. The van der Waals surface area contributed by atoms with Crippen molar-refractivity contribution in [2.24, 2.45) is 0 Å². The Morgan fingerprint density at radius 2 is 1.57 bits per heavy atom. The smallest absolute Gasteiger partial charge is 0.329 e. The third-order valence-electron chi connectivity index (χ3n) is 7.89. The van der Waals surface area contributed by atoms with Crippen LogP contribution >= 0.6 is 0 Å². The quantitative estimate of drug-likeness (QED) is 0.242. The average molecular weight is 542 g/mol. The first-order chi connectivity index (χ1) is 19.3. The Kier molecular flexibility index (Phi) is 6.78. The van der Waals surface area contributed by atoms with Gasteiger partial charge in [0.1, 0.15) is 6.04 Å². The predicted octanol–water partition coefficient (Wildman–Crippen LogP) is 4.75. The second-order valence-electron chi connectivity index (χ2n) is 10.9. The number of esters is 1. The summed E-state index contributed by atoms with van der Waals surface area (Å²) in [5, 5.41) is 0. The van der Waals surface area contributed by atoms with Crippen LogP contribution in [-0.2, 0) is 42.5 Å². The summed E-state index contributed by atoms with van der Waals surface area (Å²) in [4.78, 5) is 53.0. The maximum absolute atomic E-state index is 13.7. The lowest BCUT2D eigenvalue weighted by atomic mass is 9.75. The van der Waals surface area contributed by atoms with Gasteiger partial charge in [-0.05, 0) is 55.5 Å². The Labute approximate surface area is 232 Å². The van der Waals surface area contributed by atoms with Crippen molar-refractivity contribution in [3.63, 3.8) is 0 Å². The second-order valence-corrected chi connectivity index (χ2v) is 10.9. The number of aryl methyl sites for hydroxylation is 1. The van der Waals surface area contributed by atoms with Gasteiger partial charge in [-0.15, -0.1) is 0 Å². The van der Waals surface area contributed by atoms with Gasteiger partial charge in [-0.2, -0.15) is 0 Å². The van der Waals surface area contributed by atoms with Crippen LogP contribution in [0.4, 0.5) is 0 Å². The van der Waals surface area contributed by atoms with Crippen LogP contribution in [0.15, 0.2) is 78.9 Å². The van der Waals surface area contributed by atoms with Crippen molar-refractivity contribution in [3.05, 3.63) is 107 Å². The van der Waals surface area contributed by atoms with Crippen molar-refractivity contribution in [2.45, 2.75) is 63.1 Å². The molecule has 8 nitrogen and oxygen atoms in total. The Bertz CT molecular complexity index is 1420. The Balaban J connectivity index is 1.25. The van der Waals surface area contributed by atoms with Crippen molar-refractivity contribution in [1.82, 2.24) is 4.90 Å². The lowest BCUT2D eigenvalue weighted by Gasteiger charge is -2.50. The number of hydrogen-bond donors (Lipinski definition) is 0. The number of imide groups is 1. The molecule has 3 aromatic carbocycles. The molecule has 0 saturated carbocycles. The number of fused-ring (bicyclic) bond motifs is 4. The normalized spacial score (nSPS) is 23.6. The second kappa shape index (κ2) is 10.3. The number of ether oxygens (including phenoxy) is 2. The minimum atomic E-state index is -1.12. The summed E-state index contributed by atoms with van der Waals surface area (Å²) in [5.74, 6) is -2.58. The average Bonchev–Trinajstić information content (AvgIpc) is 3.21. The van der Waals surface area contributed by atoms with E-state index in [1.54, 1.807) is 38.1 Å². The van der Waals surface area contributed by atoms with E-state index in [0.717, 1.165) is 34.4 Å². The molecule has 1 saturated heterocycles. The molecule has 2 aliphatic heterocycles. The lowest BCUT2D eigenvalue weighted by molar-refractivity contribution is -0.528. The molecule has 0 radical (unpaired) electrons. The van der Waals surface area contributed by atoms with Crippen molar-refractivity contribution in [2.75, 3.05) is 6.61 Å². The first-order valence-electron chi connectivity index (χ1n) is 13.6. The molecule has 0 bridgehead atoms. The molecule has 40 heavy (non-hydrogen) atoms. The zero-order valence-electron chi connectivity index (χ0n) is 22.5. The van der Waals surface area contributed by atoms with Crippen LogP contribution in [0.3, 0.4) is 0 Å². The zero-order valence-corrected chi connectivity index (χ0v) is 22.5. The van der Waals surface area contributed by atoms with E-state index in [0.29, 0.717) is 0 Å². The van der Waals surface area contributed by atoms with E-state index < -0.39 is 35.2 Å². The van der Waals surface area contributed by atoms with E-state index in [9.17, 15) is 14.4 Å². The van der Waals surface area contributed by atoms with Crippen LogP contribution in [0, 0.1) is 0 Å². The van der Waals surface area contributed by atoms with E-state index in [-0.39, 0.29) is 36.7 Å². The van der Waals surface area contributed by atoms with Crippen molar-refractivity contribution >= 4 is 17.8 Å². The summed E-state index contributed by atoms with van der Waals surface area (Å²) in [5.41, 5.74) is 2.48. The zero-order chi connectivity index (χ0) is 27.9. The molecule has 0 unspecified atom stereocenters. The maximum Gasteiger partial charge on any atom is 0.329 e. The highest BCUT2D eigenvalue weighted by Gasteiger charge is 2.54. The summed E-state index contributed by atoms with van der Waals surface area (Å²) in [6.07, 6.45) is 1.67. The fourth-order valence-corrected chi connectivity index (χ4v) is 5.98. The molecule has 0 aromatic heterocycles. The molecular formula is C32H31NO7. The summed E-state index contributed by atoms with van der Waals surface area (Å²) >= 11 is 0. The SMILES string of the molecule is CC1(C)OO[C@@]2(CCOC(=O)[C@H](Cc3ccccc3)N3C(=O)c4ccccc4C3=O)c3ccccc3CC[C@H]2O1. The minimum Gasteiger partial charge on any atom is -0.464 e.